The molecule has 0 radical (unpaired) electrons. The summed E-state index contributed by atoms with van der Waals surface area (Å²) in [6, 6.07) is 11.1. The van der Waals surface area contributed by atoms with Gasteiger partial charge in [0.1, 0.15) is 5.75 Å². The number of hydrogen-bond acceptors (Lipinski definition) is 6. The number of carbonyl (C=O) groups is 2. The number of rotatable bonds is 4. The zero-order valence-electron chi connectivity index (χ0n) is 14.8. The summed E-state index contributed by atoms with van der Waals surface area (Å²) in [5.41, 5.74) is 2.52. The zero-order chi connectivity index (χ0) is 19.1. The van der Waals surface area contributed by atoms with Crippen molar-refractivity contribution in [2.45, 2.75) is 25.6 Å². The molecule has 4 rings (SSSR count). The highest BCUT2D eigenvalue weighted by molar-refractivity contribution is 6.33. The maximum atomic E-state index is 13.0. The van der Waals surface area contributed by atoms with Gasteiger partial charge in [-0.2, -0.15) is 5.11 Å². The van der Waals surface area contributed by atoms with Crippen LogP contribution in [0.25, 0.3) is 0 Å². The van der Waals surface area contributed by atoms with Crippen LogP contribution in [0.2, 0.25) is 5.02 Å². The zero-order valence-corrected chi connectivity index (χ0v) is 15.6. The normalized spacial score (nSPS) is 21.1. The smallest absolute Gasteiger partial charge is 0.263 e. The second kappa shape index (κ2) is 6.66. The number of benzene rings is 2. The molecule has 2 amide bonds. The van der Waals surface area contributed by atoms with Crippen molar-refractivity contribution in [3.63, 3.8) is 0 Å². The second-order valence-electron chi connectivity index (χ2n) is 6.45. The highest BCUT2D eigenvalue weighted by Crippen LogP contribution is 2.36. The van der Waals surface area contributed by atoms with Gasteiger partial charge in [-0.3, -0.25) is 14.6 Å². The van der Waals surface area contributed by atoms with Gasteiger partial charge in [-0.25, -0.2) is 4.90 Å². The van der Waals surface area contributed by atoms with Crippen molar-refractivity contribution in [1.82, 2.24) is 5.01 Å². The van der Waals surface area contributed by atoms with Crippen LogP contribution in [-0.4, -0.2) is 36.0 Å². The van der Waals surface area contributed by atoms with E-state index in [2.05, 4.69) is 10.3 Å². The Labute approximate surface area is 161 Å². The van der Waals surface area contributed by atoms with Gasteiger partial charge < -0.3 is 4.74 Å². The summed E-state index contributed by atoms with van der Waals surface area (Å²) >= 11 is 6.15. The molecule has 0 spiro atoms. The van der Waals surface area contributed by atoms with Gasteiger partial charge in [-0.05, 0) is 36.2 Å². The number of aryl methyl sites for hydroxylation is 1. The summed E-state index contributed by atoms with van der Waals surface area (Å²) in [6.07, 6.45) is 0. The molecule has 2 aliphatic rings. The molecule has 1 saturated heterocycles. The summed E-state index contributed by atoms with van der Waals surface area (Å²) in [5.74, 6) is -0.285. The fraction of sp³-hybridized carbons (Fsp3) is 0.263. The Balaban J connectivity index is 1.62. The Bertz CT molecular complexity index is 962. The van der Waals surface area contributed by atoms with E-state index in [0.29, 0.717) is 23.0 Å². The minimum absolute atomic E-state index is 0.325. The lowest BCUT2D eigenvalue weighted by Crippen LogP contribution is -2.39. The molecular formula is C19H17ClN4O3. The summed E-state index contributed by atoms with van der Waals surface area (Å²) < 4.78 is 5.12. The number of carbonyl (C=O) groups excluding carboxylic acids is 2. The SMILES string of the molecule is COc1ccc(N2C(=O)[C@H]3N=NN(Cc4ccccc4C)[C@@H]3C2=O)cc1Cl. The maximum absolute atomic E-state index is 13.0. The third-order valence-corrected chi connectivity index (χ3v) is 5.14. The van der Waals surface area contributed by atoms with Gasteiger partial charge in [0, 0.05) is 0 Å². The molecule has 0 N–H and O–H groups in total. The van der Waals surface area contributed by atoms with Gasteiger partial charge in [-0.15, -0.1) is 0 Å². The van der Waals surface area contributed by atoms with E-state index in [9.17, 15) is 9.59 Å². The van der Waals surface area contributed by atoms with Crippen molar-refractivity contribution < 1.29 is 14.3 Å². The second-order valence-corrected chi connectivity index (χ2v) is 6.86. The average molecular weight is 385 g/mol. The number of anilines is 1. The van der Waals surface area contributed by atoms with Crippen molar-refractivity contribution >= 4 is 29.1 Å². The van der Waals surface area contributed by atoms with Crippen molar-refractivity contribution in [2.75, 3.05) is 12.0 Å². The van der Waals surface area contributed by atoms with Crippen LogP contribution in [0.15, 0.2) is 52.8 Å². The van der Waals surface area contributed by atoms with E-state index in [0.717, 1.165) is 16.0 Å². The monoisotopic (exact) mass is 384 g/mol. The minimum Gasteiger partial charge on any atom is -0.495 e. The molecular weight excluding hydrogens is 368 g/mol. The lowest BCUT2D eigenvalue weighted by Gasteiger charge is -2.21. The molecule has 7 nitrogen and oxygen atoms in total. The quantitative estimate of drug-likeness (QED) is 0.759. The van der Waals surface area contributed by atoms with Crippen LogP contribution in [-0.2, 0) is 16.1 Å². The van der Waals surface area contributed by atoms with Gasteiger partial charge in [0.05, 0.1) is 24.4 Å². The predicted octanol–water partition coefficient (Wildman–Crippen LogP) is 3.15. The van der Waals surface area contributed by atoms with Crippen LogP contribution >= 0.6 is 11.6 Å². The highest BCUT2D eigenvalue weighted by Gasteiger charge is 2.54. The highest BCUT2D eigenvalue weighted by atomic mass is 35.5. The molecule has 2 aromatic rings. The van der Waals surface area contributed by atoms with Crippen LogP contribution in [0.1, 0.15) is 11.1 Å². The van der Waals surface area contributed by atoms with Gasteiger partial charge in [-0.1, -0.05) is 41.1 Å². The molecule has 2 atom stereocenters. The Morgan fingerprint density at radius 2 is 1.93 bits per heavy atom. The maximum Gasteiger partial charge on any atom is 0.263 e. The fourth-order valence-electron chi connectivity index (χ4n) is 3.36. The third kappa shape index (κ3) is 2.84. The largest absolute Gasteiger partial charge is 0.495 e. The van der Waals surface area contributed by atoms with E-state index in [-0.39, 0.29) is 5.91 Å². The van der Waals surface area contributed by atoms with E-state index in [1.165, 1.54) is 7.11 Å². The number of hydrogen-bond donors (Lipinski definition) is 0. The molecule has 2 aromatic carbocycles. The first-order chi connectivity index (χ1) is 13.0. The number of imide groups is 1. The molecule has 0 saturated carbocycles. The van der Waals surface area contributed by atoms with Crippen molar-refractivity contribution in [1.29, 1.82) is 0 Å². The van der Waals surface area contributed by atoms with E-state index >= 15 is 0 Å². The Morgan fingerprint density at radius 3 is 2.63 bits per heavy atom. The van der Waals surface area contributed by atoms with Gasteiger partial charge in [0.2, 0.25) is 0 Å². The molecule has 2 heterocycles. The number of ether oxygens (including phenoxy) is 1. The molecule has 0 bridgehead atoms. The average Bonchev–Trinajstić information content (AvgIpc) is 3.17. The Morgan fingerprint density at radius 1 is 1.15 bits per heavy atom. The van der Waals surface area contributed by atoms with E-state index in [4.69, 9.17) is 16.3 Å². The van der Waals surface area contributed by atoms with E-state index in [1.54, 1.807) is 23.2 Å². The molecule has 0 aliphatic carbocycles. The number of halogens is 1. The number of nitrogens with zero attached hydrogens (tertiary/aromatic N) is 4. The topological polar surface area (TPSA) is 74.6 Å². The van der Waals surface area contributed by atoms with E-state index in [1.807, 2.05) is 31.2 Å². The minimum atomic E-state index is -0.831. The molecule has 27 heavy (non-hydrogen) atoms. The molecule has 8 heteroatoms. The molecule has 138 valence electrons. The number of fused-ring (bicyclic) bond motifs is 1. The lowest BCUT2D eigenvalue weighted by atomic mass is 10.1. The number of methoxy groups -OCH3 is 1. The van der Waals surface area contributed by atoms with Crippen LogP contribution in [0.5, 0.6) is 5.75 Å². The van der Waals surface area contributed by atoms with Gasteiger partial charge in [0.25, 0.3) is 11.8 Å². The fourth-order valence-corrected chi connectivity index (χ4v) is 3.62. The predicted molar refractivity (Wildman–Crippen MR) is 99.7 cm³/mol. The van der Waals surface area contributed by atoms with Crippen LogP contribution in [0.4, 0.5) is 5.69 Å². The molecule has 0 aromatic heterocycles. The van der Waals surface area contributed by atoms with Crippen molar-refractivity contribution in [3.05, 3.63) is 58.6 Å². The first kappa shape index (κ1) is 17.5. The van der Waals surface area contributed by atoms with E-state index < -0.39 is 18.0 Å². The standard InChI is InChI=1S/C19H17ClN4O3/c1-11-5-3-4-6-12(11)10-23-17-16(21-22-23)18(25)24(19(17)26)13-7-8-15(27-2)14(20)9-13/h3-9,16-17H,10H2,1-2H3/t16-,17-/m0/s1. The summed E-state index contributed by atoms with van der Waals surface area (Å²) in [7, 11) is 1.50. The number of amides is 2. The van der Waals surface area contributed by atoms with Crippen molar-refractivity contribution in [2.24, 2.45) is 10.3 Å². The first-order valence-electron chi connectivity index (χ1n) is 8.44. The summed E-state index contributed by atoms with van der Waals surface area (Å²) in [5, 5.41) is 10.0. The van der Waals surface area contributed by atoms with Crippen LogP contribution in [0, 0.1) is 6.92 Å². The molecule has 1 fully saturated rings. The Kier molecular flexibility index (Phi) is 4.31. The van der Waals surface area contributed by atoms with Crippen LogP contribution < -0.4 is 9.64 Å². The first-order valence-corrected chi connectivity index (χ1v) is 8.82. The third-order valence-electron chi connectivity index (χ3n) is 4.85. The summed E-state index contributed by atoms with van der Waals surface area (Å²) in [6.45, 7) is 2.40. The van der Waals surface area contributed by atoms with Gasteiger partial charge >= 0.3 is 0 Å². The lowest BCUT2D eigenvalue weighted by molar-refractivity contribution is -0.123. The van der Waals surface area contributed by atoms with Crippen LogP contribution in [0.3, 0.4) is 0 Å². The molecule has 0 unspecified atom stereocenters. The summed E-state index contributed by atoms with van der Waals surface area (Å²) in [4.78, 5) is 26.9. The van der Waals surface area contributed by atoms with Gasteiger partial charge in [0.15, 0.2) is 12.1 Å². The molecule has 2 aliphatic heterocycles. The Hall–Kier alpha value is -2.93. The van der Waals surface area contributed by atoms with Crippen molar-refractivity contribution in [3.8, 4) is 5.75 Å².